The van der Waals surface area contributed by atoms with Crippen LogP contribution < -0.4 is 0 Å². The maximum absolute atomic E-state index is 9.24. The molecule has 1 N–H and O–H groups in total. The van der Waals surface area contributed by atoms with Crippen LogP contribution in [0.15, 0.2) is 36.1 Å². The van der Waals surface area contributed by atoms with E-state index in [-0.39, 0.29) is 0 Å². The first-order valence-electron chi connectivity index (χ1n) is 3.84. The molecule has 56 valence electrons. The molecule has 0 radical (unpaired) electrons. The van der Waals surface area contributed by atoms with E-state index in [9.17, 15) is 5.11 Å². The average Bonchev–Trinajstić information content (AvgIpc) is 2.04. The molecule has 0 saturated carbocycles. The quantitative estimate of drug-likeness (QED) is 0.645. The van der Waals surface area contributed by atoms with Crippen LogP contribution in [-0.2, 0) is 0 Å². The Morgan fingerprint density at radius 3 is 2.18 bits per heavy atom. The molecule has 0 bridgehead atoms. The van der Waals surface area contributed by atoms with E-state index in [1.54, 1.807) is 0 Å². The minimum absolute atomic E-state index is 0.566. The first-order chi connectivity index (χ1) is 5.38. The molecule has 0 atom stereocenters. The molecule has 0 saturated heterocycles. The van der Waals surface area contributed by atoms with Crippen molar-refractivity contribution < 1.29 is 5.11 Å². The minimum atomic E-state index is 0.566. The van der Waals surface area contributed by atoms with E-state index in [1.165, 1.54) is 0 Å². The van der Waals surface area contributed by atoms with Gasteiger partial charge in [0, 0.05) is 6.42 Å². The van der Waals surface area contributed by atoms with Crippen LogP contribution in [0.5, 0.6) is 0 Å². The summed E-state index contributed by atoms with van der Waals surface area (Å²) in [6, 6.07) is 10.0. The monoisotopic (exact) mass is 146 g/mol. The maximum Gasteiger partial charge on any atom is 0.0963 e. The molecule has 0 amide bonds. The fourth-order valence-corrected chi connectivity index (χ4v) is 1.31. The second-order valence-electron chi connectivity index (χ2n) is 2.79. The normalized spacial score (nSPS) is 16.4. The molecule has 1 aliphatic rings. The van der Waals surface area contributed by atoms with Gasteiger partial charge in [-0.05, 0) is 17.6 Å². The predicted molar refractivity (Wildman–Crippen MR) is 45.2 cm³/mol. The second-order valence-corrected chi connectivity index (χ2v) is 2.79. The van der Waals surface area contributed by atoms with Gasteiger partial charge in [-0.15, -0.1) is 0 Å². The summed E-state index contributed by atoms with van der Waals surface area (Å²) >= 11 is 0. The second kappa shape index (κ2) is 2.42. The molecule has 1 aliphatic carbocycles. The van der Waals surface area contributed by atoms with Crippen molar-refractivity contribution in [2.24, 2.45) is 0 Å². The van der Waals surface area contributed by atoms with Crippen LogP contribution in [0.25, 0.3) is 5.57 Å². The van der Waals surface area contributed by atoms with Gasteiger partial charge >= 0.3 is 0 Å². The zero-order chi connectivity index (χ0) is 7.68. The van der Waals surface area contributed by atoms with Crippen LogP contribution in [0, 0.1) is 0 Å². The number of allylic oxidation sites excluding steroid dienone is 2. The number of hydrogen-bond acceptors (Lipinski definition) is 1. The summed E-state index contributed by atoms with van der Waals surface area (Å²) in [5, 5.41) is 9.24. The third-order valence-corrected chi connectivity index (χ3v) is 2.08. The van der Waals surface area contributed by atoms with Gasteiger partial charge in [-0.25, -0.2) is 0 Å². The Kier molecular flexibility index (Phi) is 1.42. The van der Waals surface area contributed by atoms with Gasteiger partial charge in [0.25, 0.3) is 0 Å². The first-order valence-corrected chi connectivity index (χ1v) is 3.84. The van der Waals surface area contributed by atoms with Crippen molar-refractivity contribution in [2.75, 3.05) is 0 Å². The van der Waals surface area contributed by atoms with Crippen LogP contribution in [0.2, 0.25) is 0 Å². The lowest BCUT2D eigenvalue weighted by atomic mass is 9.90. The van der Waals surface area contributed by atoms with E-state index in [1.807, 2.05) is 30.3 Å². The highest BCUT2D eigenvalue weighted by molar-refractivity contribution is 5.71. The van der Waals surface area contributed by atoms with E-state index in [4.69, 9.17) is 0 Å². The summed E-state index contributed by atoms with van der Waals surface area (Å²) in [6.45, 7) is 0. The van der Waals surface area contributed by atoms with Crippen molar-refractivity contribution in [2.45, 2.75) is 12.8 Å². The van der Waals surface area contributed by atoms with Crippen molar-refractivity contribution in [3.63, 3.8) is 0 Å². The molecule has 1 nitrogen and oxygen atoms in total. The maximum atomic E-state index is 9.24. The van der Waals surface area contributed by atoms with Crippen LogP contribution >= 0.6 is 0 Å². The van der Waals surface area contributed by atoms with Crippen molar-refractivity contribution in [3.8, 4) is 0 Å². The molecule has 0 fully saturated rings. The highest BCUT2D eigenvalue weighted by atomic mass is 16.3. The number of benzene rings is 1. The summed E-state index contributed by atoms with van der Waals surface area (Å²) in [6.07, 6.45) is 1.88. The minimum Gasteiger partial charge on any atom is -0.512 e. The topological polar surface area (TPSA) is 20.2 Å². The summed E-state index contributed by atoms with van der Waals surface area (Å²) in [5.74, 6) is 0.566. The van der Waals surface area contributed by atoms with E-state index < -0.39 is 0 Å². The Morgan fingerprint density at radius 1 is 1.00 bits per heavy atom. The number of hydrogen-bond donors (Lipinski definition) is 1. The Labute approximate surface area is 66.0 Å². The van der Waals surface area contributed by atoms with Gasteiger partial charge in [0.2, 0.25) is 0 Å². The lowest BCUT2D eigenvalue weighted by Gasteiger charge is -2.18. The molecular formula is C10H10O. The predicted octanol–water partition coefficient (Wildman–Crippen LogP) is 2.75. The smallest absolute Gasteiger partial charge is 0.0963 e. The molecule has 1 heteroatoms. The van der Waals surface area contributed by atoms with Gasteiger partial charge < -0.3 is 5.11 Å². The van der Waals surface area contributed by atoms with Crippen LogP contribution in [0.4, 0.5) is 0 Å². The van der Waals surface area contributed by atoms with E-state index in [0.717, 1.165) is 24.0 Å². The van der Waals surface area contributed by atoms with E-state index >= 15 is 0 Å². The standard InChI is InChI=1S/C10H10O/c11-10-7-6-9(10)8-4-2-1-3-5-8/h1-5,11H,6-7H2. The third-order valence-electron chi connectivity index (χ3n) is 2.08. The van der Waals surface area contributed by atoms with Crippen LogP contribution in [0.3, 0.4) is 0 Å². The highest BCUT2D eigenvalue weighted by Gasteiger charge is 2.16. The summed E-state index contributed by atoms with van der Waals surface area (Å²) in [7, 11) is 0. The number of rotatable bonds is 1. The molecule has 0 aromatic heterocycles. The largest absolute Gasteiger partial charge is 0.512 e. The third kappa shape index (κ3) is 1.03. The van der Waals surface area contributed by atoms with Crippen LogP contribution in [0.1, 0.15) is 18.4 Å². The number of aliphatic hydroxyl groups is 1. The molecular weight excluding hydrogens is 136 g/mol. The van der Waals surface area contributed by atoms with Gasteiger partial charge in [0.15, 0.2) is 0 Å². The van der Waals surface area contributed by atoms with Crippen molar-refractivity contribution in [1.82, 2.24) is 0 Å². The molecule has 0 spiro atoms. The lowest BCUT2D eigenvalue weighted by Crippen LogP contribution is -2.01. The first kappa shape index (κ1) is 6.47. The molecule has 1 aromatic carbocycles. The zero-order valence-electron chi connectivity index (χ0n) is 6.25. The van der Waals surface area contributed by atoms with E-state index in [0.29, 0.717) is 5.76 Å². The Hall–Kier alpha value is -1.24. The fraction of sp³-hybridized carbons (Fsp3) is 0.200. The summed E-state index contributed by atoms with van der Waals surface area (Å²) in [5.41, 5.74) is 2.28. The fourth-order valence-electron chi connectivity index (χ4n) is 1.31. The van der Waals surface area contributed by atoms with Gasteiger partial charge in [0.1, 0.15) is 0 Å². The van der Waals surface area contributed by atoms with E-state index in [2.05, 4.69) is 0 Å². The molecule has 2 rings (SSSR count). The van der Waals surface area contributed by atoms with Crippen molar-refractivity contribution in [1.29, 1.82) is 0 Å². The molecule has 0 unspecified atom stereocenters. The number of aliphatic hydroxyl groups excluding tert-OH is 1. The average molecular weight is 146 g/mol. The van der Waals surface area contributed by atoms with Gasteiger partial charge in [-0.1, -0.05) is 30.3 Å². The Balaban J connectivity index is 2.38. The van der Waals surface area contributed by atoms with Crippen LogP contribution in [-0.4, -0.2) is 5.11 Å². The Bertz CT molecular complexity index is 285. The van der Waals surface area contributed by atoms with Gasteiger partial charge in [-0.3, -0.25) is 0 Å². The van der Waals surface area contributed by atoms with Gasteiger partial charge in [0.05, 0.1) is 5.76 Å². The van der Waals surface area contributed by atoms with Gasteiger partial charge in [-0.2, -0.15) is 0 Å². The zero-order valence-corrected chi connectivity index (χ0v) is 6.25. The van der Waals surface area contributed by atoms with Crippen molar-refractivity contribution >= 4 is 5.57 Å². The molecule has 0 aliphatic heterocycles. The molecule has 0 heterocycles. The van der Waals surface area contributed by atoms with Crippen molar-refractivity contribution in [3.05, 3.63) is 41.7 Å². The molecule has 1 aromatic rings. The molecule has 11 heavy (non-hydrogen) atoms. The summed E-state index contributed by atoms with van der Waals surface area (Å²) in [4.78, 5) is 0. The highest BCUT2D eigenvalue weighted by Crippen LogP contribution is 2.33. The SMILES string of the molecule is OC1=C(c2ccccc2)CC1. The summed E-state index contributed by atoms with van der Waals surface area (Å²) < 4.78 is 0. The Morgan fingerprint density at radius 2 is 1.73 bits per heavy atom. The lowest BCUT2D eigenvalue weighted by molar-refractivity contribution is 0.372.